The molecule has 2 rings (SSSR count). The molecule has 1 aliphatic heterocycles. The maximum atomic E-state index is 12.4. The van der Waals surface area contributed by atoms with Gasteiger partial charge in [0.05, 0.1) is 17.6 Å². The summed E-state index contributed by atoms with van der Waals surface area (Å²) in [5.41, 5.74) is 1.20. The molecule has 6 nitrogen and oxygen atoms in total. The van der Waals surface area contributed by atoms with Crippen LogP contribution in [0.4, 0.5) is 10.5 Å². The van der Waals surface area contributed by atoms with Crippen LogP contribution in [0.1, 0.15) is 12.5 Å². The lowest BCUT2D eigenvalue weighted by atomic mass is 9.99. The highest BCUT2D eigenvalue weighted by Gasteiger charge is 2.38. The van der Waals surface area contributed by atoms with E-state index < -0.39 is 11.9 Å². The van der Waals surface area contributed by atoms with Crippen molar-refractivity contribution >= 4 is 17.7 Å². The second-order valence-corrected chi connectivity index (χ2v) is 5.33. The molecule has 0 spiro atoms. The summed E-state index contributed by atoms with van der Waals surface area (Å²) >= 11 is 0. The molecule has 0 aliphatic carbocycles. The van der Waals surface area contributed by atoms with Crippen molar-refractivity contribution in [1.82, 2.24) is 4.90 Å². The van der Waals surface area contributed by atoms with Gasteiger partial charge in [0.2, 0.25) is 0 Å². The van der Waals surface area contributed by atoms with Crippen molar-refractivity contribution < 1.29 is 14.7 Å². The average Bonchev–Trinajstić information content (AvgIpc) is 2.88. The van der Waals surface area contributed by atoms with E-state index in [1.807, 2.05) is 13.0 Å². The first-order valence-corrected chi connectivity index (χ1v) is 6.69. The van der Waals surface area contributed by atoms with Crippen molar-refractivity contribution in [3.05, 3.63) is 29.8 Å². The van der Waals surface area contributed by atoms with Gasteiger partial charge in [-0.1, -0.05) is 6.92 Å². The number of carbonyl (C=O) groups is 2. The van der Waals surface area contributed by atoms with Crippen molar-refractivity contribution in [2.45, 2.75) is 6.92 Å². The monoisotopic (exact) mass is 287 g/mol. The predicted octanol–water partition coefficient (Wildman–Crippen LogP) is 1.77. The average molecular weight is 287 g/mol. The Bertz CT molecular complexity index is 591. The molecule has 1 aliphatic rings. The molecule has 0 bridgehead atoms. The van der Waals surface area contributed by atoms with Crippen molar-refractivity contribution in [3.8, 4) is 6.07 Å². The molecule has 110 valence electrons. The van der Waals surface area contributed by atoms with Gasteiger partial charge in [0, 0.05) is 25.8 Å². The number of rotatable bonds is 2. The molecule has 1 saturated heterocycles. The lowest BCUT2D eigenvalue weighted by molar-refractivity contribution is -0.142. The van der Waals surface area contributed by atoms with E-state index in [9.17, 15) is 9.59 Å². The van der Waals surface area contributed by atoms with Crippen LogP contribution in [0.3, 0.4) is 0 Å². The van der Waals surface area contributed by atoms with E-state index in [1.165, 1.54) is 4.90 Å². The van der Waals surface area contributed by atoms with Crippen LogP contribution in [0.5, 0.6) is 0 Å². The number of anilines is 1. The Labute approximate surface area is 123 Å². The standard InChI is InChI=1S/C15H17N3O3/c1-10-8-18(9-13(10)14(19)20)15(21)17(2)12-5-3-11(7-16)4-6-12/h3-6,10,13H,8-9H2,1-2H3,(H,19,20). The smallest absolute Gasteiger partial charge is 0.324 e. The summed E-state index contributed by atoms with van der Waals surface area (Å²) in [6.07, 6.45) is 0. The fourth-order valence-corrected chi connectivity index (χ4v) is 2.53. The van der Waals surface area contributed by atoms with Gasteiger partial charge in [0.25, 0.3) is 0 Å². The zero-order valence-electron chi connectivity index (χ0n) is 12.0. The van der Waals surface area contributed by atoms with E-state index in [0.717, 1.165) is 0 Å². The third-order valence-corrected chi connectivity index (χ3v) is 3.87. The third kappa shape index (κ3) is 2.97. The highest BCUT2D eigenvalue weighted by molar-refractivity contribution is 5.92. The second kappa shape index (κ2) is 5.83. The summed E-state index contributed by atoms with van der Waals surface area (Å²) in [7, 11) is 1.64. The fourth-order valence-electron chi connectivity index (χ4n) is 2.53. The third-order valence-electron chi connectivity index (χ3n) is 3.87. The van der Waals surface area contributed by atoms with Gasteiger partial charge in [-0.15, -0.1) is 0 Å². The molecule has 0 radical (unpaired) electrons. The lowest BCUT2D eigenvalue weighted by Crippen LogP contribution is -2.40. The first kappa shape index (κ1) is 14.9. The largest absolute Gasteiger partial charge is 0.481 e. The molecular weight excluding hydrogens is 270 g/mol. The number of carbonyl (C=O) groups excluding carboxylic acids is 1. The van der Waals surface area contributed by atoms with Gasteiger partial charge in [0.1, 0.15) is 0 Å². The molecule has 2 amide bonds. The van der Waals surface area contributed by atoms with Crippen molar-refractivity contribution in [3.63, 3.8) is 0 Å². The minimum atomic E-state index is -0.862. The second-order valence-electron chi connectivity index (χ2n) is 5.33. The Kier molecular flexibility index (Phi) is 4.13. The summed E-state index contributed by atoms with van der Waals surface area (Å²) in [5, 5.41) is 17.9. The molecule has 6 heteroatoms. The summed E-state index contributed by atoms with van der Waals surface area (Å²) in [4.78, 5) is 26.5. The number of nitriles is 1. The molecule has 21 heavy (non-hydrogen) atoms. The van der Waals surface area contributed by atoms with Gasteiger partial charge in [0.15, 0.2) is 0 Å². The van der Waals surface area contributed by atoms with Crippen LogP contribution in [-0.4, -0.2) is 42.1 Å². The first-order chi connectivity index (χ1) is 9.93. The maximum Gasteiger partial charge on any atom is 0.324 e. The van der Waals surface area contributed by atoms with E-state index in [-0.39, 0.29) is 18.5 Å². The van der Waals surface area contributed by atoms with Crippen molar-refractivity contribution in [2.24, 2.45) is 11.8 Å². The van der Waals surface area contributed by atoms with Crippen LogP contribution in [0.25, 0.3) is 0 Å². The normalized spacial score (nSPS) is 20.9. The fraction of sp³-hybridized carbons (Fsp3) is 0.400. The number of nitrogens with zero attached hydrogens (tertiary/aromatic N) is 3. The van der Waals surface area contributed by atoms with E-state index in [4.69, 9.17) is 10.4 Å². The Hall–Kier alpha value is -2.55. The zero-order chi connectivity index (χ0) is 15.6. The van der Waals surface area contributed by atoms with Gasteiger partial charge in [-0.25, -0.2) is 4.79 Å². The van der Waals surface area contributed by atoms with Crippen molar-refractivity contribution in [1.29, 1.82) is 5.26 Å². The highest BCUT2D eigenvalue weighted by Crippen LogP contribution is 2.25. The van der Waals surface area contributed by atoms with Gasteiger partial charge in [-0.2, -0.15) is 5.26 Å². The van der Waals surface area contributed by atoms with Crippen LogP contribution in [0, 0.1) is 23.2 Å². The molecule has 1 aromatic carbocycles. The molecule has 1 aromatic rings. The van der Waals surface area contributed by atoms with E-state index in [2.05, 4.69) is 0 Å². The number of carboxylic acids is 1. The number of aliphatic carboxylic acids is 1. The molecule has 1 heterocycles. The maximum absolute atomic E-state index is 12.4. The van der Waals surface area contributed by atoms with Gasteiger partial charge in [-0.05, 0) is 30.2 Å². The van der Waals surface area contributed by atoms with Crippen molar-refractivity contribution in [2.75, 3.05) is 25.0 Å². The Balaban J connectivity index is 2.09. The summed E-state index contributed by atoms with van der Waals surface area (Å²) in [5.74, 6) is -1.43. The number of likely N-dealkylation sites (tertiary alicyclic amines) is 1. The van der Waals surface area contributed by atoms with Crippen LogP contribution in [-0.2, 0) is 4.79 Å². The molecule has 0 saturated carbocycles. The summed E-state index contributed by atoms with van der Waals surface area (Å²) in [6.45, 7) is 2.51. The Morgan fingerprint density at radius 3 is 2.43 bits per heavy atom. The number of benzene rings is 1. The molecule has 1 N–H and O–H groups in total. The predicted molar refractivity (Wildman–Crippen MR) is 76.8 cm³/mol. The molecule has 2 unspecified atom stereocenters. The number of hydrogen-bond acceptors (Lipinski definition) is 3. The quantitative estimate of drug-likeness (QED) is 0.898. The van der Waals surface area contributed by atoms with E-state index in [0.29, 0.717) is 17.8 Å². The minimum Gasteiger partial charge on any atom is -0.481 e. The number of carboxylic acid groups (broad SMARTS) is 1. The zero-order valence-corrected chi connectivity index (χ0v) is 12.0. The molecular formula is C15H17N3O3. The first-order valence-electron chi connectivity index (χ1n) is 6.69. The van der Waals surface area contributed by atoms with Crippen LogP contribution in [0.15, 0.2) is 24.3 Å². The minimum absolute atomic E-state index is 0.0548. The Morgan fingerprint density at radius 2 is 1.95 bits per heavy atom. The van der Waals surface area contributed by atoms with Crippen LogP contribution < -0.4 is 4.90 Å². The summed E-state index contributed by atoms with van der Waals surface area (Å²) < 4.78 is 0. The lowest BCUT2D eigenvalue weighted by Gasteiger charge is -2.24. The van der Waals surface area contributed by atoms with Gasteiger partial charge in [-0.3, -0.25) is 9.69 Å². The molecule has 0 aromatic heterocycles. The Morgan fingerprint density at radius 1 is 1.33 bits per heavy atom. The van der Waals surface area contributed by atoms with Gasteiger partial charge < -0.3 is 10.0 Å². The molecule has 1 fully saturated rings. The van der Waals surface area contributed by atoms with Crippen LogP contribution >= 0.6 is 0 Å². The van der Waals surface area contributed by atoms with E-state index in [1.54, 1.807) is 36.2 Å². The van der Waals surface area contributed by atoms with E-state index >= 15 is 0 Å². The summed E-state index contributed by atoms with van der Waals surface area (Å²) in [6, 6.07) is 8.48. The van der Waals surface area contributed by atoms with Gasteiger partial charge >= 0.3 is 12.0 Å². The topological polar surface area (TPSA) is 84.6 Å². The van der Waals surface area contributed by atoms with Crippen LogP contribution in [0.2, 0.25) is 0 Å². The SMILES string of the molecule is CC1CN(C(=O)N(C)c2ccc(C#N)cc2)CC1C(=O)O. The molecule has 2 atom stereocenters. The number of hydrogen-bond donors (Lipinski definition) is 1. The number of amides is 2. The highest BCUT2D eigenvalue weighted by atomic mass is 16.4. The number of urea groups is 1.